The minimum atomic E-state index is 0.296. The first-order chi connectivity index (χ1) is 6.74. The predicted octanol–water partition coefficient (Wildman–Crippen LogP) is 1.58. The zero-order valence-electron chi connectivity index (χ0n) is 7.77. The monoisotopic (exact) mass is 188 g/mol. The van der Waals surface area contributed by atoms with Gasteiger partial charge in [-0.1, -0.05) is 12.1 Å². The van der Waals surface area contributed by atoms with Gasteiger partial charge in [0.05, 0.1) is 0 Å². The lowest BCUT2D eigenvalue weighted by Gasteiger charge is -2.01. The summed E-state index contributed by atoms with van der Waals surface area (Å²) in [5, 5.41) is 9.10. The van der Waals surface area contributed by atoms with Crippen LogP contribution in [0.5, 0.6) is 5.75 Å². The van der Waals surface area contributed by atoms with E-state index in [-0.39, 0.29) is 0 Å². The number of rotatable bonds is 2. The van der Waals surface area contributed by atoms with Gasteiger partial charge in [0.25, 0.3) is 0 Å². The molecule has 1 aliphatic rings. The smallest absolute Gasteiger partial charge is 0.115 e. The number of phenols is 1. The quantitative estimate of drug-likeness (QED) is 0.740. The lowest BCUT2D eigenvalue weighted by atomic mass is 10.0. The molecule has 0 unspecified atom stereocenters. The van der Waals surface area contributed by atoms with E-state index in [0.29, 0.717) is 11.6 Å². The third-order valence-electron chi connectivity index (χ3n) is 2.19. The van der Waals surface area contributed by atoms with Gasteiger partial charge in [-0.2, -0.15) is 0 Å². The molecule has 2 rings (SSSR count). The highest BCUT2D eigenvalue weighted by molar-refractivity contribution is 5.85. The van der Waals surface area contributed by atoms with E-state index < -0.39 is 0 Å². The topological polar surface area (TPSA) is 58.6 Å². The van der Waals surface area contributed by atoms with Crippen molar-refractivity contribution >= 4 is 5.84 Å². The Morgan fingerprint density at radius 2 is 2.00 bits per heavy atom. The normalized spacial score (nSPS) is 15.1. The first-order valence-corrected chi connectivity index (χ1v) is 4.52. The first-order valence-electron chi connectivity index (χ1n) is 4.52. The molecule has 14 heavy (non-hydrogen) atoms. The maximum atomic E-state index is 9.10. The summed E-state index contributed by atoms with van der Waals surface area (Å²) in [6.07, 6.45) is 3.44. The van der Waals surface area contributed by atoms with Gasteiger partial charge >= 0.3 is 0 Å². The highest BCUT2D eigenvalue weighted by atomic mass is 16.3. The Labute approximate surface area is 82.6 Å². The van der Waals surface area contributed by atoms with E-state index in [9.17, 15) is 0 Å². The van der Waals surface area contributed by atoms with E-state index in [1.807, 2.05) is 18.3 Å². The molecule has 0 spiro atoms. The Balaban J connectivity index is 2.02. The number of phenolic OH excluding ortho intramolecular Hbond substituents is 1. The number of aromatic hydroxyl groups is 1. The van der Waals surface area contributed by atoms with Crippen LogP contribution in [0, 0.1) is 0 Å². The number of hydrogen-bond donors (Lipinski definition) is 2. The van der Waals surface area contributed by atoms with E-state index in [1.165, 1.54) is 11.1 Å². The zero-order chi connectivity index (χ0) is 9.97. The second kappa shape index (κ2) is 3.54. The SMILES string of the molecule is NC1=NC=C(Cc2ccc(O)cc2)C1. The van der Waals surface area contributed by atoms with E-state index in [4.69, 9.17) is 10.8 Å². The number of amidine groups is 1. The van der Waals surface area contributed by atoms with Crippen molar-refractivity contribution in [2.75, 3.05) is 0 Å². The van der Waals surface area contributed by atoms with E-state index in [0.717, 1.165) is 12.8 Å². The van der Waals surface area contributed by atoms with E-state index in [1.54, 1.807) is 12.1 Å². The molecular weight excluding hydrogens is 176 g/mol. The lowest BCUT2D eigenvalue weighted by molar-refractivity contribution is 0.475. The standard InChI is InChI=1S/C11H12N2O/c12-11-6-9(7-13-11)5-8-1-3-10(14)4-2-8/h1-4,7,14H,5-6H2,(H2,12,13). The second-order valence-corrected chi connectivity index (χ2v) is 3.43. The summed E-state index contributed by atoms with van der Waals surface area (Å²) in [7, 11) is 0. The average Bonchev–Trinajstić information content (AvgIpc) is 2.56. The van der Waals surface area contributed by atoms with Crippen molar-refractivity contribution < 1.29 is 5.11 Å². The molecule has 0 fully saturated rings. The highest BCUT2D eigenvalue weighted by Gasteiger charge is 2.07. The lowest BCUT2D eigenvalue weighted by Crippen LogP contribution is -2.08. The van der Waals surface area contributed by atoms with Crippen LogP contribution < -0.4 is 5.73 Å². The number of hydrogen-bond acceptors (Lipinski definition) is 3. The molecule has 0 aliphatic carbocycles. The largest absolute Gasteiger partial charge is 0.508 e. The molecule has 1 heterocycles. The Kier molecular flexibility index (Phi) is 2.23. The maximum Gasteiger partial charge on any atom is 0.115 e. The van der Waals surface area contributed by atoms with Crippen LogP contribution in [0.1, 0.15) is 12.0 Å². The van der Waals surface area contributed by atoms with Gasteiger partial charge in [-0.05, 0) is 29.7 Å². The van der Waals surface area contributed by atoms with Crippen molar-refractivity contribution in [3.8, 4) is 5.75 Å². The van der Waals surface area contributed by atoms with Gasteiger partial charge in [0.15, 0.2) is 0 Å². The first kappa shape index (κ1) is 8.81. The summed E-state index contributed by atoms with van der Waals surface area (Å²) in [6, 6.07) is 7.19. The van der Waals surface area contributed by atoms with Crippen LogP contribution in [0.3, 0.4) is 0 Å². The average molecular weight is 188 g/mol. The molecule has 0 saturated heterocycles. The molecule has 3 nitrogen and oxygen atoms in total. The highest BCUT2D eigenvalue weighted by Crippen LogP contribution is 2.17. The van der Waals surface area contributed by atoms with Gasteiger partial charge in [0.2, 0.25) is 0 Å². The van der Waals surface area contributed by atoms with Crippen LogP contribution in [0.2, 0.25) is 0 Å². The summed E-state index contributed by atoms with van der Waals surface area (Å²) < 4.78 is 0. The molecule has 0 saturated carbocycles. The van der Waals surface area contributed by atoms with Gasteiger partial charge in [-0.3, -0.25) is 0 Å². The Bertz CT molecular complexity index is 390. The number of benzene rings is 1. The predicted molar refractivity (Wildman–Crippen MR) is 56.1 cm³/mol. The Morgan fingerprint density at radius 3 is 2.57 bits per heavy atom. The molecule has 0 amide bonds. The minimum absolute atomic E-state index is 0.296. The molecule has 1 aliphatic heterocycles. The number of nitrogens with zero attached hydrogens (tertiary/aromatic N) is 1. The van der Waals surface area contributed by atoms with E-state index in [2.05, 4.69) is 4.99 Å². The third kappa shape index (κ3) is 1.93. The molecule has 1 aromatic carbocycles. The van der Waals surface area contributed by atoms with Crippen LogP contribution in [0.15, 0.2) is 41.0 Å². The van der Waals surface area contributed by atoms with Crippen molar-refractivity contribution in [3.05, 3.63) is 41.6 Å². The molecular formula is C11H12N2O. The fourth-order valence-corrected chi connectivity index (χ4v) is 1.48. The van der Waals surface area contributed by atoms with Gasteiger partial charge in [-0.15, -0.1) is 0 Å². The molecule has 72 valence electrons. The minimum Gasteiger partial charge on any atom is -0.508 e. The molecule has 0 atom stereocenters. The molecule has 0 radical (unpaired) electrons. The molecule has 1 aromatic rings. The van der Waals surface area contributed by atoms with Crippen molar-refractivity contribution in [1.82, 2.24) is 0 Å². The van der Waals surface area contributed by atoms with Crippen molar-refractivity contribution in [2.45, 2.75) is 12.8 Å². The summed E-state index contributed by atoms with van der Waals surface area (Å²) >= 11 is 0. The van der Waals surface area contributed by atoms with Gasteiger partial charge in [0, 0.05) is 12.6 Å². The van der Waals surface area contributed by atoms with Gasteiger partial charge in [0.1, 0.15) is 11.6 Å². The van der Waals surface area contributed by atoms with Crippen LogP contribution in [0.4, 0.5) is 0 Å². The Morgan fingerprint density at radius 1 is 1.29 bits per heavy atom. The zero-order valence-corrected chi connectivity index (χ0v) is 7.77. The van der Waals surface area contributed by atoms with E-state index >= 15 is 0 Å². The maximum absolute atomic E-state index is 9.10. The molecule has 0 aromatic heterocycles. The van der Waals surface area contributed by atoms with Crippen LogP contribution in [-0.2, 0) is 6.42 Å². The van der Waals surface area contributed by atoms with Crippen LogP contribution >= 0.6 is 0 Å². The van der Waals surface area contributed by atoms with Crippen molar-refractivity contribution in [3.63, 3.8) is 0 Å². The summed E-state index contributed by atoms with van der Waals surface area (Å²) in [6.45, 7) is 0. The summed E-state index contributed by atoms with van der Waals surface area (Å²) in [5.41, 5.74) is 7.94. The van der Waals surface area contributed by atoms with Gasteiger partial charge in [-0.25, -0.2) is 4.99 Å². The fraction of sp³-hybridized carbons (Fsp3) is 0.182. The fourth-order valence-electron chi connectivity index (χ4n) is 1.48. The third-order valence-corrected chi connectivity index (χ3v) is 2.19. The number of aliphatic imine (C=N–C) groups is 1. The van der Waals surface area contributed by atoms with Crippen molar-refractivity contribution in [1.29, 1.82) is 0 Å². The summed E-state index contributed by atoms with van der Waals surface area (Å²) in [4.78, 5) is 4.01. The summed E-state index contributed by atoms with van der Waals surface area (Å²) in [5.74, 6) is 0.976. The van der Waals surface area contributed by atoms with Crippen molar-refractivity contribution in [2.24, 2.45) is 10.7 Å². The molecule has 3 N–H and O–H groups in total. The molecule has 3 heteroatoms. The second-order valence-electron chi connectivity index (χ2n) is 3.43. The number of nitrogens with two attached hydrogens (primary N) is 1. The van der Waals surface area contributed by atoms with Crippen LogP contribution in [-0.4, -0.2) is 10.9 Å². The molecule has 0 bridgehead atoms. The van der Waals surface area contributed by atoms with Crippen LogP contribution in [0.25, 0.3) is 0 Å². The Hall–Kier alpha value is -1.77. The van der Waals surface area contributed by atoms with Gasteiger partial charge < -0.3 is 10.8 Å².